The third-order valence-electron chi connectivity index (χ3n) is 5.29. The van der Waals surface area contributed by atoms with E-state index in [4.69, 9.17) is 0 Å². The van der Waals surface area contributed by atoms with Crippen molar-refractivity contribution in [1.82, 2.24) is 14.9 Å². The van der Waals surface area contributed by atoms with E-state index < -0.39 is 10.0 Å². The number of hydrogen-bond donors (Lipinski definition) is 1. The van der Waals surface area contributed by atoms with Gasteiger partial charge in [-0.05, 0) is 43.6 Å². The van der Waals surface area contributed by atoms with Crippen molar-refractivity contribution in [2.24, 2.45) is 0 Å². The van der Waals surface area contributed by atoms with Gasteiger partial charge in [0.05, 0.1) is 16.9 Å². The largest absolute Gasteiger partial charge is 0.351 e. The maximum absolute atomic E-state index is 13.2. The number of aromatic amines is 1. The van der Waals surface area contributed by atoms with Gasteiger partial charge in [-0.3, -0.25) is 9.21 Å². The number of benzene rings is 1. The van der Waals surface area contributed by atoms with Crippen molar-refractivity contribution in [3.05, 3.63) is 52.9 Å². The van der Waals surface area contributed by atoms with Crippen molar-refractivity contribution in [2.45, 2.75) is 31.5 Å². The molecular weight excluding hydrogens is 448 g/mol. The molecule has 3 heterocycles. The highest BCUT2D eigenvalue weighted by molar-refractivity contribution is 7.94. The van der Waals surface area contributed by atoms with Crippen LogP contribution in [-0.2, 0) is 16.6 Å². The lowest BCUT2D eigenvalue weighted by molar-refractivity contribution is 0.298. The quantitative estimate of drug-likeness (QED) is 0.352. The number of rotatable bonds is 9. The number of anilines is 1. The van der Waals surface area contributed by atoms with Crippen molar-refractivity contribution in [3.8, 4) is 10.7 Å². The number of thiazole rings is 1. The third kappa shape index (κ3) is 4.27. The predicted octanol–water partition coefficient (Wildman–Crippen LogP) is 5.41. The molecule has 0 aliphatic rings. The van der Waals surface area contributed by atoms with Crippen LogP contribution in [0.4, 0.5) is 5.69 Å². The molecule has 31 heavy (non-hydrogen) atoms. The summed E-state index contributed by atoms with van der Waals surface area (Å²) in [5, 5.41) is 3.66. The summed E-state index contributed by atoms with van der Waals surface area (Å²) in [4.78, 5) is 11.6. The van der Waals surface area contributed by atoms with Crippen LogP contribution in [0.1, 0.15) is 25.6 Å². The number of fused-ring (bicyclic) bond motifs is 1. The summed E-state index contributed by atoms with van der Waals surface area (Å²) in [6.45, 7) is 9.42. The minimum absolute atomic E-state index is 0.346. The average molecular weight is 475 g/mol. The molecule has 164 valence electrons. The van der Waals surface area contributed by atoms with Gasteiger partial charge in [-0.15, -0.1) is 22.7 Å². The highest BCUT2D eigenvalue weighted by atomic mass is 32.2. The van der Waals surface area contributed by atoms with E-state index in [1.54, 1.807) is 28.8 Å². The van der Waals surface area contributed by atoms with E-state index in [1.807, 2.05) is 37.4 Å². The zero-order chi connectivity index (χ0) is 22.0. The summed E-state index contributed by atoms with van der Waals surface area (Å²) >= 11 is 2.90. The van der Waals surface area contributed by atoms with Gasteiger partial charge in [0, 0.05) is 29.5 Å². The Hall–Kier alpha value is -2.20. The second kappa shape index (κ2) is 9.12. The number of sulfonamides is 1. The molecule has 1 aromatic carbocycles. The van der Waals surface area contributed by atoms with Crippen LogP contribution >= 0.6 is 22.7 Å². The number of nitrogens with one attached hydrogen (secondary N) is 1. The summed E-state index contributed by atoms with van der Waals surface area (Å²) < 4.78 is 28.2. The molecule has 1 N–H and O–H groups in total. The smallest absolute Gasteiger partial charge is 0.273 e. The summed E-state index contributed by atoms with van der Waals surface area (Å²) in [5.74, 6) is 0. The number of hydrogen-bond acceptors (Lipinski definition) is 6. The van der Waals surface area contributed by atoms with E-state index in [9.17, 15) is 8.42 Å². The molecule has 0 fully saturated rings. The SMILES string of the molecule is CCN(CC)Cc1cnc(-c2cc3cccc(N(CC)S(=O)(=O)c4cccs4)c3[nH]2)s1. The highest BCUT2D eigenvalue weighted by Crippen LogP contribution is 2.35. The standard InChI is InChI=1S/C22H26N4O2S3/c1-4-25(5-2)15-17-14-23-22(30-17)18-13-16-9-7-10-19(21(16)24-18)26(6-3)31(27,28)20-11-8-12-29-20/h7-14,24H,4-6,15H2,1-3H3. The molecule has 0 amide bonds. The fourth-order valence-electron chi connectivity index (χ4n) is 3.62. The molecule has 0 bridgehead atoms. The normalized spacial score (nSPS) is 12.1. The number of nitrogens with zero attached hydrogens (tertiary/aromatic N) is 3. The van der Waals surface area contributed by atoms with Gasteiger partial charge in [0.2, 0.25) is 0 Å². The highest BCUT2D eigenvalue weighted by Gasteiger charge is 2.26. The molecule has 0 saturated carbocycles. The number of para-hydroxylation sites is 1. The van der Waals surface area contributed by atoms with E-state index in [0.29, 0.717) is 16.4 Å². The Bertz CT molecular complexity index is 1260. The first-order valence-electron chi connectivity index (χ1n) is 10.3. The lowest BCUT2D eigenvalue weighted by atomic mass is 10.2. The summed E-state index contributed by atoms with van der Waals surface area (Å²) in [5.41, 5.74) is 2.36. The maximum atomic E-state index is 13.2. The molecule has 3 aromatic heterocycles. The maximum Gasteiger partial charge on any atom is 0.273 e. The van der Waals surface area contributed by atoms with Gasteiger partial charge >= 0.3 is 0 Å². The van der Waals surface area contributed by atoms with Crippen LogP contribution in [0.25, 0.3) is 21.6 Å². The van der Waals surface area contributed by atoms with Gasteiger partial charge in [-0.2, -0.15) is 0 Å². The van der Waals surface area contributed by atoms with Crippen LogP contribution in [0.3, 0.4) is 0 Å². The van der Waals surface area contributed by atoms with Gasteiger partial charge in [0.1, 0.15) is 9.22 Å². The molecule has 0 spiro atoms. The van der Waals surface area contributed by atoms with Crippen LogP contribution in [0, 0.1) is 0 Å². The molecule has 0 radical (unpaired) electrons. The predicted molar refractivity (Wildman–Crippen MR) is 131 cm³/mol. The molecule has 0 aliphatic carbocycles. The van der Waals surface area contributed by atoms with Gasteiger partial charge in [0.15, 0.2) is 0 Å². The Labute approximate surface area is 191 Å². The number of H-pyrrole nitrogens is 1. The van der Waals surface area contributed by atoms with Crippen molar-refractivity contribution >= 4 is 49.3 Å². The molecule has 9 heteroatoms. The number of aromatic nitrogens is 2. The van der Waals surface area contributed by atoms with Crippen LogP contribution < -0.4 is 4.31 Å². The minimum Gasteiger partial charge on any atom is -0.351 e. The monoisotopic (exact) mass is 474 g/mol. The fourth-order valence-corrected chi connectivity index (χ4v) is 7.14. The minimum atomic E-state index is -3.61. The molecule has 0 aliphatic heterocycles. The summed E-state index contributed by atoms with van der Waals surface area (Å²) in [6.07, 6.45) is 1.93. The van der Waals surface area contributed by atoms with Gasteiger partial charge in [-0.25, -0.2) is 13.4 Å². The van der Waals surface area contributed by atoms with Crippen LogP contribution in [0.2, 0.25) is 0 Å². The first kappa shape index (κ1) is 22.0. The summed E-state index contributed by atoms with van der Waals surface area (Å²) in [6, 6.07) is 11.2. The molecule has 6 nitrogen and oxygen atoms in total. The van der Waals surface area contributed by atoms with E-state index in [0.717, 1.165) is 41.2 Å². The second-order valence-corrected chi connectivity index (χ2v) is 11.3. The van der Waals surface area contributed by atoms with E-state index in [1.165, 1.54) is 20.5 Å². The van der Waals surface area contributed by atoms with Gasteiger partial charge in [-0.1, -0.05) is 32.0 Å². The Morgan fingerprint density at radius 2 is 1.87 bits per heavy atom. The molecule has 4 rings (SSSR count). The van der Waals surface area contributed by atoms with Crippen molar-refractivity contribution in [3.63, 3.8) is 0 Å². The topological polar surface area (TPSA) is 69.3 Å². The number of thiophene rings is 1. The Morgan fingerprint density at radius 3 is 2.55 bits per heavy atom. The van der Waals surface area contributed by atoms with Crippen molar-refractivity contribution in [2.75, 3.05) is 23.9 Å². The van der Waals surface area contributed by atoms with Crippen LogP contribution in [0.5, 0.6) is 0 Å². The first-order valence-corrected chi connectivity index (χ1v) is 13.5. The molecule has 0 unspecified atom stereocenters. The first-order chi connectivity index (χ1) is 15.0. The van der Waals surface area contributed by atoms with Crippen molar-refractivity contribution < 1.29 is 8.42 Å². The molecule has 4 aromatic rings. The van der Waals surface area contributed by atoms with Crippen LogP contribution in [-0.4, -0.2) is 42.9 Å². The lowest BCUT2D eigenvalue weighted by Gasteiger charge is -2.22. The van der Waals surface area contributed by atoms with E-state index >= 15 is 0 Å². The Morgan fingerprint density at radius 1 is 1.06 bits per heavy atom. The van der Waals surface area contributed by atoms with E-state index in [-0.39, 0.29) is 0 Å². The second-order valence-electron chi connectivity index (χ2n) is 7.12. The average Bonchev–Trinajstić information content (AvgIpc) is 3.53. The fraction of sp³-hybridized carbons (Fsp3) is 0.318. The lowest BCUT2D eigenvalue weighted by Crippen LogP contribution is -2.30. The third-order valence-corrected chi connectivity index (χ3v) is 9.56. The zero-order valence-corrected chi connectivity index (χ0v) is 20.3. The van der Waals surface area contributed by atoms with E-state index in [2.05, 4.69) is 28.7 Å². The zero-order valence-electron chi connectivity index (χ0n) is 17.8. The molecule has 0 saturated heterocycles. The van der Waals surface area contributed by atoms with Crippen LogP contribution in [0.15, 0.2) is 52.2 Å². The Kier molecular flexibility index (Phi) is 6.47. The summed E-state index contributed by atoms with van der Waals surface area (Å²) in [7, 11) is -3.61. The van der Waals surface area contributed by atoms with Gasteiger partial charge < -0.3 is 4.98 Å². The Balaban J connectivity index is 1.72. The van der Waals surface area contributed by atoms with Gasteiger partial charge in [0.25, 0.3) is 10.0 Å². The molecule has 0 atom stereocenters. The van der Waals surface area contributed by atoms with Crippen molar-refractivity contribution in [1.29, 1.82) is 0 Å². The molecular formula is C22H26N4O2S3.